The zero-order valence-corrected chi connectivity index (χ0v) is 11.2. The number of hydrogen-bond donors (Lipinski definition) is 1. The van der Waals surface area contributed by atoms with E-state index in [4.69, 9.17) is 4.52 Å². The number of hydrogen-bond acceptors (Lipinski definition) is 4. The molecule has 0 aromatic carbocycles. The van der Waals surface area contributed by atoms with Crippen LogP contribution in [0.15, 0.2) is 16.7 Å². The van der Waals surface area contributed by atoms with Crippen molar-refractivity contribution in [3.63, 3.8) is 0 Å². The predicted octanol–water partition coefficient (Wildman–Crippen LogP) is 2.05. The standard InChI is InChI=1S/C13H20N4O/c1-4-11-7-12(17(5-2)15-11)8-14-9-13-6-10(3)16-18-13/h6-7,14H,4-5,8-9H2,1-3H3. The lowest BCUT2D eigenvalue weighted by atomic mass is 10.3. The Morgan fingerprint density at radius 1 is 1.28 bits per heavy atom. The van der Waals surface area contributed by atoms with Crippen molar-refractivity contribution in [2.24, 2.45) is 0 Å². The van der Waals surface area contributed by atoms with Crippen molar-refractivity contribution in [3.8, 4) is 0 Å². The molecule has 0 atom stereocenters. The molecule has 0 aliphatic heterocycles. The molecule has 2 rings (SSSR count). The Hall–Kier alpha value is -1.62. The highest BCUT2D eigenvalue weighted by molar-refractivity contribution is 5.10. The van der Waals surface area contributed by atoms with Gasteiger partial charge in [0.25, 0.3) is 0 Å². The lowest BCUT2D eigenvalue weighted by molar-refractivity contribution is 0.368. The third kappa shape index (κ3) is 2.98. The van der Waals surface area contributed by atoms with E-state index in [0.717, 1.165) is 36.7 Å². The van der Waals surface area contributed by atoms with E-state index in [-0.39, 0.29) is 0 Å². The zero-order valence-electron chi connectivity index (χ0n) is 11.2. The first-order valence-electron chi connectivity index (χ1n) is 6.41. The van der Waals surface area contributed by atoms with Crippen LogP contribution in [0.5, 0.6) is 0 Å². The van der Waals surface area contributed by atoms with Crippen molar-refractivity contribution in [3.05, 3.63) is 35.0 Å². The van der Waals surface area contributed by atoms with Crippen LogP contribution in [0.4, 0.5) is 0 Å². The van der Waals surface area contributed by atoms with E-state index in [1.807, 2.05) is 17.7 Å². The summed E-state index contributed by atoms with van der Waals surface area (Å²) in [4.78, 5) is 0. The van der Waals surface area contributed by atoms with Crippen molar-refractivity contribution < 1.29 is 4.52 Å². The number of nitrogens with zero attached hydrogens (tertiary/aromatic N) is 3. The van der Waals surface area contributed by atoms with Crippen LogP contribution < -0.4 is 5.32 Å². The number of aromatic nitrogens is 3. The average Bonchev–Trinajstić information content (AvgIpc) is 2.95. The van der Waals surface area contributed by atoms with Crippen LogP contribution in [0.3, 0.4) is 0 Å². The van der Waals surface area contributed by atoms with Crippen molar-refractivity contribution in [1.82, 2.24) is 20.3 Å². The van der Waals surface area contributed by atoms with E-state index in [1.54, 1.807) is 0 Å². The molecular weight excluding hydrogens is 228 g/mol. The molecule has 0 saturated heterocycles. The van der Waals surface area contributed by atoms with Crippen LogP contribution in [-0.4, -0.2) is 14.9 Å². The molecule has 0 aliphatic carbocycles. The summed E-state index contributed by atoms with van der Waals surface area (Å²) in [6, 6.07) is 4.10. The fourth-order valence-corrected chi connectivity index (χ4v) is 1.92. The molecule has 0 bridgehead atoms. The van der Waals surface area contributed by atoms with Crippen molar-refractivity contribution >= 4 is 0 Å². The largest absolute Gasteiger partial charge is 0.360 e. The molecule has 0 amide bonds. The molecule has 0 fully saturated rings. The summed E-state index contributed by atoms with van der Waals surface area (Å²) in [7, 11) is 0. The third-order valence-corrected chi connectivity index (χ3v) is 2.86. The van der Waals surface area contributed by atoms with E-state index < -0.39 is 0 Å². The van der Waals surface area contributed by atoms with Gasteiger partial charge in [-0.3, -0.25) is 4.68 Å². The summed E-state index contributed by atoms with van der Waals surface area (Å²) in [6.07, 6.45) is 0.974. The molecule has 0 spiro atoms. The first kappa shape index (κ1) is 12.8. The summed E-state index contributed by atoms with van der Waals surface area (Å²) < 4.78 is 7.19. The number of aryl methyl sites for hydroxylation is 3. The zero-order chi connectivity index (χ0) is 13.0. The highest BCUT2D eigenvalue weighted by Gasteiger charge is 2.06. The van der Waals surface area contributed by atoms with Gasteiger partial charge in [0.1, 0.15) is 0 Å². The van der Waals surface area contributed by atoms with Gasteiger partial charge < -0.3 is 9.84 Å². The second kappa shape index (κ2) is 5.82. The summed E-state index contributed by atoms with van der Waals surface area (Å²) >= 11 is 0. The van der Waals surface area contributed by atoms with Crippen LogP contribution in [0.1, 0.15) is 36.7 Å². The summed E-state index contributed by atoms with van der Waals surface area (Å²) in [5.74, 6) is 0.866. The molecule has 0 saturated carbocycles. The predicted molar refractivity (Wildman–Crippen MR) is 69.1 cm³/mol. The van der Waals surface area contributed by atoms with Gasteiger partial charge in [0.05, 0.1) is 23.6 Å². The molecule has 0 unspecified atom stereocenters. The third-order valence-electron chi connectivity index (χ3n) is 2.86. The first-order chi connectivity index (χ1) is 8.72. The Morgan fingerprint density at radius 2 is 2.11 bits per heavy atom. The first-order valence-corrected chi connectivity index (χ1v) is 6.41. The van der Waals surface area contributed by atoms with E-state index in [1.165, 1.54) is 5.69 Å². The minimum Gasteiger partial charge on any atom is -0.360 e. The fourth-order valence-electron chi connectivity index (χ4n) is 1.92. The maximum Gasteiger partial charge on any atom is 0.150 e. The Kier molecular flexibility index (Phi) is 4.15. The van der Waals surface area contributed by atoms with Crippen molar-refractivity contribution in [1.29, 1.82) is 0 Å². The van der Waals surface area contributed by atoms with Crippen LogP contribution in [0.2, 0.25) is 0 Å². The lowest BCUT2D eigenvalue weighted by Crippen LogP contribution is -2.15. The highest BCUT2D eigenvalue weighted by Crippen LogP contribution is 2.06. The molecule has 0 radical (unpaired) electrons. The van der Waals surface area contributed by atoms with E-state index in [2.05, 4.69) is 35.5 Å². The molecule has 18 heavy (non-hydrogen) atoms. The Balaban J connectivity index is 1.91. The van der Waals surface area contributed by atoms with Gasteiger partial charge in [0.15, 0.2) is 5.76 Å². The molecule has 5 nitrogen and oxygen atoms in total. The van der Waals surface area contributed by atoms with Gasteiger partial charge in [-0.1, -0.05) is 12.1 Å². The molecule has 2 aromatic rings. The molecular formula is C13H20N4O. The summed E-state index contributed by atoms with van der Waals surface area (Å²) in [5, 5.41) is 11.7. The highest BCUT2D eigenvalue weighted by atomic mass is 16.5. The smallest absolute Gasteiger partial charge is 0.150 e. The van der Waals surface area contributed by atoms with E-state index in [9.17, 15) is 0 Å². The van der Waals surface area contributed by atoms with Gasteiger partial charge in [-0.05, 0) is 26.3 Å². The van der Waals surface area contributed by atoms with Gasteiger partial charge in [-0.25, -0.2) is 0 Å². The van der Waals surface area contributed by atoms with Crippen molar-refractivity contribution in [2.45, 2.75) is 46.8 Å². The SMILES string of the molecule is CCc1cc(CNCc2cc(C)no2)n(CC)n1. The average molecular weight is 248 g/mol. The molecule has 5 heteroatoms. The lowest BCUT2D eigenvalue weighted by Gasteiger charge is -2.04. The topological polar surface area (TPSA) is 55.9 Å². The molecule has 0 aliphatic rings. The van der Waals surface area contributed by atoms with E-state index in [0.29, 0.717) is 6.54 Å². The number of rotatable bonds is 6. The minimum absolute atomic E-state index is 0.692. The normalized spacial score (nSPS) is 11.1. The Bertz CT molecular complexity index is 501. The van der Waals surface area contributed by atoms with Gasteiger partial charge >= 0.3 is 0 Å². The maximum atomic E-state index is 5.15. The second-order valence-corrected chi connectivity index (χ2v) is 4.33. The van der Waals surface area contributed by atoms with Gasteiger partial charge in [0, 0.05) is 19.2 Å². The number of nitrogens with one attached hydrogen (secondary N) is 1. The van der Waals surface area contributed by atoms with Gasteiger partial charge in [-0.15, -0.1) is 0 Å². The fraction of sp³-hybridized carbons (Fsp3) is 0.538. The quantitative estimate of drug-likeness (QED) is 0.850. The van der Waals surface area contributed by atoms with Crippen molar-refractivity contribution in [2.75, 3.05) is 0 Å². The minimum atomic E-state index is 0.692. The molecule has 2 aromatic heterocycles. The molecule has 1 N–H and O–H groups in total. The van der Waals surface area contributed by atoms with Crippen LogP contribution in [0.25, 0.3) is 0 Å². The maximum absolute atomic E-state index is 5.15. The van der Waals surface area contributed by atoms with E-state index >= 15 is 0 Å². The van der Waals surface area contributed by atoms with Crippen LogP contribution in [-0.2, 0) is 26.1 Å². The Morgan fingerprint density at radius 3 is 2.72 bits per heavy atom. The summed E-state index contributed by atoms with van der Waals surface area (Å²) in [5.41, 5.74) is 3.27. The van der Waals surface area contributed by atoms with Crippen LogP contribution >= 0.6 is 0 Å². The molecule has 98 valence electrons. The van der Waals surface area contributed by atoms with Crippen LogP contribution in [0, 0.1) is 6.92 Å². The van der Waals surface area contributed by atoms with Gasteiger partial charge in [0.2, 0.25) is 0 Å². The Labute approximate surface area is 107 Å². The molecule has 2 heterocycles. The van der Waals surface area contributed by atoms with Gasteiger partial charge in [-0.2, -0.15) is 5.10 Å². The summed E-state index contributed by atoms with van der Waals surface area (Å²) in [6.45, 7) is 8.54. The second-order valence-electron chi connectivity index (χ2n) is 4.33. The monoisotopic (exact) mass is 248 g/mol.